The summed E-state index contributed by atoms with van der Waals surface area (Å²) in [4.78, 5) is 32.3. The average molecular weight is 206 g/mol. The van der Waals surface area contributed by atoms with Gasteiger partial charge < -0.3 is 5.32 Å². The van der Waals surface area contributed by atoms with Crippen LogP contribution in [0.4, 0.5) is 11.4 Å². The summed E-state index contributed by atoms with van der Waals surface area (Å²) in [6, 6.07) is 2.43. The number of nitrogens with zero attached hydrogens (tertiary/aromatic N) is 1. The number of anilines is 1. The molecule has 0 spiro atoms. The van der Waals surface area contributed by atoms with Crippen molar-refractivity contribution in [3.63, 3.8) is 0 Å². The molecule has 1 amide bonds. The van der Waals surface area contributed by atoms with Crippen LogP contribution >= 0.6 is 0 Å². The molecule has 0 saturated carbocycles. The maximum Gasteiger partial charge on any atom is 0.296 e. The fourth-order valence-corrected chi connectivity index (χ4v) is 1.51. The Morgan fingerprint density at radius 1 is 1.33 bits per heavy atom. The highest BCUT2D eigenvalue weighted by atomic mass is 16.6. The van der Waals surface area contributed by atoms with E-state index in [0.717, 1.165) is 6.07 Å². The van der Waals surface area contributed by atoms with Crippen molar-refractivity contribution in [2.24, 2.45) is 0 Å². The summed E-state index contributed by atoms with van der Waals surface area (Å²) in [5.41, 5.74) is 0.775. The first-order chi connectivity index (χ1) is 7.00. The lowest BCUT2D eigenvalue weighted by atomic mass is 10.1. The first kappa shape index (κ1) is 9.32. The lowest BCUT2D eigenvalue weighted by Crippen LogP contribution is -2.12. The maximum atomic E-state index is 11.3. The molecule has 0 fully saturated rings. The molecule has 1 N–H and O–H groups in total. The van der Waals surface area contributed by atoms with Gasteiger partial charge in [-0.15, -0.1) is 0 Å². The van der Waals surface area contributed by atoms with Crippen LogP contribution in [0.1, 0.15) is 15.9 Å². The molecule has 0 saturated heterocycles. The second-order valence-corrected chi connectivity index (χ2v) is 3.23. The lowest BCUT2D eigenvalue weighted by Gasteiger charge is -2.01. The van der Waals surface area contributed by atoms with E-state index in [1.165, 1.54) is 6.07 Å². The number of ketones is 1. The van der Waals surface area contributed by atoms with Gasteiger partial charge in [0.1, 0.15) is 0 Å². The molecule has 6 nitrogen and oxygen atoms in total. The van der Waals surface area contributed by atoms with Crippen molar-refractivity contribution in [3.05, 3.63) is 33.4 Å². The molecule has 0 aromatic heterocycles. The number of hydrogen-bond donors (Lipinski definition) is 1. The van der Waals surface area contributed by atoms with Crippen LogP contribution in [0.2, 0.25) is 0 Å². The summed E-state index contributed by atoms with van der Waals surface area (Å²) >= 11 is 0. The number of aryl methyl sites for hydroxylation is 1. The van der Waals surface area contributed by atoms with Crippen molar-refractivity contribution in [1.29, 1.82) is 0 Å². The molecule has 0 bridgehead atoms. The van der Waals surface area contributed by atoms with Gasteiger partial charge >= 0.3 is 0 Å². The molecule has 0 atom stereocenters. The molecule has 15 heavy (non-hydrogen) atoms. The number of nitro benzene ring substituents is 1. The summed E-state index contributed by atoms with van der Waals surface area (Å²) in [6.07, 6.45) is 0. The van der Waals surface area contributed by atoms with Gasteiger partial charge in [0.15, 0.2) is 0 Å². The molecule has 0 aliphatic carbocycles. The number of hydrogen-bond acceptors (Lipinski definition) is 4. The number of carbonyl (C=O) groups excluding carboxylic acids is 2. The highest BCUT2D eigenvalue weighted by Gasteiger charge is 2.31. The molecule has 76 valence electrons. The van der Waals surface area contributed by atoms with E-state index in [-0.39, 0.29) is 11.3 Å². The van der Waals surface area contributed by atoms with Crippen LogP contribution in [0.15, 0.2) is 12.1 Å². The standard InChI is InChI=1S/C9H6N2O4/c1-4-2-5(11(14)15)3-6-7(4)10-9(13)8(6)12/h2-3H,1H3,(H,10,12,13). The Bertz CT molecular complexity index is 507. The zero-order valence-electron chi connectivity index (χ0n) is 7.73. The quantitative estimate of drug-likeness (QED) is 0.422. The Hall–Kier alpha value is -2.24. The van der Waals surface area contributed by atoms with E-state index in [0.29, 0.717) is 11.3 Å². The molecule has 1 aromatic carbocycles. The molecular weight excluding hydrogens is 200 g/mol. The molecular formula is C9H6N2O4. The van der Waals surface area contributed by atoms with Crippen molar-refractivity contribution in [2.45, 2.75) is 6.92 Å². The van der Waals surface area contributed by atoms with Gasteiger partial charge in [-0.1, -0.05) is 0 Å². The van der Waals surface area contributed by atoms with E-state index in [1.807, 2.05) is 0 Å². The Morgan fingerprint density at radius 3 is 2.60 bits per heavy atom. The number of rotatable bonds is 1. The van der Waals surface area contributed by atoms with E-state index < -0.39 is 16.6 Å². The predicted octanol–water partition coefficient (Wildman–Crippen LogP) is 1.04. The van der Waals surface area contributed by atoms with Crippen molar-refractivity contribution >= 4 is 23.1 Å². The average Bonchev–Trinajstić information content (AvgIpc) is 2.45. The third-order valence-corrected chi connectivity index (χ3v) is 2.22. The van der Waals surface area contributed by atoms with Gasteiger partial charge in [0, 0.05) is 12.1 Å². The number of Topliss-reactive ketones (excluding diaryl/α,β-unsaturated/α-hetero) is 1. The van der Waals surface area contributed by atoms with E-state index >= 15 is 0 Å². The Kier molecular flexibility index (Phi) is 1.79. The Morgan fingerprint density at radius 2 is 2.00 bits per heavy atom. The third kappa shape index (κ3) is 1.26. The molecule has 2 rings (SSSR count). The smallest absolute Gasteiger partial charge is 0.296 e. The van der Waals surface area contributed by atoms with Crippen molar-refractivity contribution in [3.8, 4) is 0 Å². The fourth-order valence-electron chi connectivity index (χ4n) is 1.51. The molecule has 1 aliphatic rings. The summed E-state index contributed by atoms with van der Waals surface area (Å²) in [5.74, 6) is -1.47. The number of non-ortho nitro benzene ring substituents is 1. The van der Waals surface area contributed by atoms with Crippen molar-refractivity contribution in [2.75, 3.05) is 5.32 Å². The van der Waals surface area contributed by atoms with E-state index in [9.17, 15) is 19.7 Å². The van der Waals surface area contributed by atoms with Crippen LogP contribution in [-0.4, -0.2) is 16.6 Å². The number of nitro groups is 1. The van der Waals surface area contributed by atoms with E-state index in [2.05, 4.69) is 5.32 Å². The molecule has 6 heteroatoms. The second kappa shape index (κ2) is 2.88. The zero-order valence-corrected chi connectivity index (χ0v) is 7.73. The van der Waals surface area contributed by atoms with Gasteiger partial charge in [0.05, 0.1) is 16.2 Å². The maximum absolute atomic E-state index is 11.3. The number of amides is 1. The van der Waals surface area contributed by atoms with Gasteiger partial charge in [-0.25, -0.2) is 0 Å². The molecule has 1 aromatic rings. The highest BCUT2D eigenvalue weighted by Crippen LogP contribution is 2.30. The molecule has 1 heterocycles. The summed E-state index contributed by atoms with van der Waals surface area (Å²) in [5, 5.41) is 12.9. The summed E-state index contributed by atoms with van der Waals surface area (Å²) in [6.45, 7) is 1.60. The predicted molar refractivity (Wildman–Crippen MR) is 50.8 cm³/mol. The number of fused-ring (bicyclic) bond motifs is 1. The molecule has 0 radical (unpaired) electrons. The van der Waals surface area contributed by atoms with Gasteiger partial charge in [-0.05, 0) is 12.5 Å². The number of nitrogens with one attached hydrogen (secondary N) is 1. The van der Waals surface area contributed by atoms with Crippen LogP contribution in [0.3, 0.4) is 0 Å². The topological polar surface area (TPSA) is 89.3 Å². The number of benzene rings is 1. The normalized spacial score (nSPS) is 13.7. The fraction of sp³-hybridized carbons (Fsp3) is 0.111. The minimum atomic E-state index is -0.742. The minimum absolute atomic E-state index is 0.0756. The van der Waals surface area contributed by atoms with Crippen LogP contribution in [0, 0.1) is 17.0 Å². The van der Waals surface area contributed by atoms with E-state index in [1.54, 1.807) is 6.92 Å². The Labute approximate surface area is 84.0 Å². The van der Waals surface area contributed by atoms with Gasteiger partial charge in [-0.2, -0.15) is 0 Å². The molecule has 1 aliphatic heterocycles. The summed E-state index contributed by atoms with van der Waals surface area (Å²) < 4.78 is 0. The van der Waals surface area contributed by atoms with Crippen LogP contribution in [0.25, 0.3) is 0 Å². The van der Waals surface area contributed by atoms with Gasteiger partial charge in [0.25, 0.3) is 17.4 Å². The zero-order chi connectivity index (χ0) is 11.2. The SMILES string of the molecule is Cc1cc([N+](=O)[O-])cc2c1NC(=O)C2=O. The monoisotopic (exact) mass is 206 g/mol. The van der Waals surface area contributed by atoms with Crippen LogP contribution in [-0.2, 0) is 4.79 Å². The van der Waals surface area contributed by atoms with Crippen molar-refractivity contribution < 1.29 is 14.5 Å². The highest BCUT2D eigenvalue weighted by molar-refractivity contribution is 6.51. The van der Waals surface area contributed by atoms with Crippen LogP contribution < -0.4 is 5.32 Å². The van der Waals surface area contributed by atoms with E-state index in [4.69, 9.17) is 0 Å². The first-order valence-electron chi connectivity index (χ1n) is 4.15. The Balaban J connectivity index is 2.67. The van der Waals surface area contributed by atoms with Crippen molar-refractivity contribution in [1.82, 2.24) is 0 Å². The molecule has 0 unspecified atom stereocenters. The summed E-state index contributed by atoms with van der Waals surface area (Å²) in [7, 11) is 0. The van der Waals surface area contributed by atoms with Crippen LogP contribution in [0.5, 0.6) is 0 Å². The minimum Gasteiger partial charge on any atom is -0.318 e. The second-order valence-electron chi connectivity index (χ2n) is 3.23. The largest absolute Gasteiger partial charge is 0.318 e. The van der Waals surface area contributed by atoms with Gasteiger partial charge in [0.2, 0.25) is 0 Å². The first-order valence-corrected chi connectivity index (χ1v) is 4.15. The van der Waals surface area contributed by atoms with Gasteiger partial charge in [-0.3, -0.25) is 19.7 Å². The third-order valence-electron chi connectivity index (χ3n) is 2.22. The lowest BCUT2D eigenvalue weighted by molar-refractivity contribution is -0.384. The number of carbonyl (C=O) groups is 2.